The number of benzene rings is 1. The van der Waals surface area contributed by atoms with Crippen molar-refractivity contribution in [3.8, 4) is 0 Å². The van der Waals surface area contributed by atoms with E-state index < -0.39 is 0 Å². The smallest absolute Gasteiger partial charge is 0.210 e. The third-order valence-electron chi connectivity index (χ3n) is 1.96. The Hall–Kier alpha value is -1.28. The molecule has 1 aromatic heterocycles. The summed E-state index contributed by atoms with van der Waals surface area (Å²) in [5.41, 5.74) is 2.26. The van der Waals surface area contributed by atoms with Crippen LogP contribution < -0.4 is 0 Å². The van der Waals surface area contributed by atoms with Gasteiger partial charge in [0.2, 0.25) is 1.43 Å². The van der Waals surface area contributed by atoms with Gasteiger partial charge in [0.05, 0.1) is 0 Å². The summed E-state index contributed by atoms with van der Waals surface area (Å²) in [6.45, 7) is 0.437. The molecule has 0 fully saturated rings. The number of nitrogens with one attached hydrogen (secondary N) is 1. The van der Waals surface area contributed by atoms with E-state index in [1.165, 1.54) is 5.39 Å². The van der Waals surface area contributed by atoms with Gasteiger partial charge in [0, 0.05) is 24.2 Å². The zero-order valence-electron chi connectivity index (χ0n) is 7.71. The van der Waals surface area contributed by atoms with Crippen molar-refractivity contribution in [2.24, 2.45) is 0 Å². The molecule has 0 bridgehead atoms. The molecule has 0 aliphatic carbocycles. The van der Waals surface area contributed by atoms with Crippen LogP contribution in [0.5, 0.6) is 0 Å². The lowest BCUT2D eigenvalue weighted by Gasteiger charge is -1.88. The number of hydrogen-bond donors (Lipinski definition) is 2. The summed E-state index contributed by atoms with van der Waals surface area (Å²) in [7, 11) is 0. The number of para-hydroxylation sites is 1. The van der Waals surface area contributed by atoms with Gasteiger partial charge in [-0.1, -0.05) is 18.2 Å². The van der Waals surface area contributed by atoms with E-state index in [0.717, 1.165) is 17.6 Å². The normalized spacial score (nSPS) is 11.8. The molecule has 0 spiro atoms. The van der Waals surface area contributed by atoms with Gasteiger partial charge < -0.3 is 10.1 Å². The Kier molecular flexibility index (Phi) is 1.56. The third kappa shape index (κ3) is 1.21. The van der Waals surface area contributed by atoms with E-state index in [1.807, 2.05) is 18.2 Å². The van der Waals surface area contributed by atoms with E-state index in [9.17, 15) is 0 Å². The van der Waals surface area contributed by atoms with E-state index in [2.05, 4.69) is 22.2 Å². The summed E-state index contributed by atoms with van der Waals surface area (Å²) in [6.07, 6.45) is 0.762. The second-order valence-corrected chi connectivity index (χ2v) is 2.84. The predicted octanol–water partition coefficient (Wildman–Crippen LogP) is 1.70. The van der Waals surface area contributed by atoms with Crippen molar-refractivity contribution >= 4 is 10.9 Å². The molecule has 0 radical (unpaired) electrons. The lowest BCUT2D eigenvalue weighted by molar-refractivity contribution is 0.298. The number of hydrogen-bond acceptors (Lipinski definition) is 1. The highest BCUT2D eigenvalue weighted by atomic mass is 16.3. The first kappa shape index (κ1) is 6.26. The topological polar surface area (TPSA) is 36.0 Å². The minimum atomic E-state index is 0.437. The Morgan fingerprint density at radius 1 is 1.42 bits per heavy atom. The first-order valence-electron chi connectivity index (χ1n) is 4.46. The molecule has 1 heterocycles. The fraction of sp³-hybridized carbons (Fsp3) is 0.200. The standard InChI is InChI=1S/C10H11NO/c12-6-5-9-7-8-3-1-2-4-10(8)11-9/h1-4,7,11-12H,5-6H2/i12T. The minimum absolute atomic E-state index is 0.437. The Bertz CT molecular complexity index is 363. The SMILES string of the molecule is [3H]OCCc1cc2ccccc2[nH]1. The molecule has 0 unspecified atom stereocenters. The van der Waals surface area contributed by atoms with E-state index >= 15 is 0 Å². The van der Waals surface area contributed by atoms with Crippen molar-refractivity contribution in [3.63, 3.8) is 0 Å². The average Bonchev–Trinajstić information content (AvgIpc) is 2.57. The lowest BCUT2D eigenvalue weighted by Crippen LogP contribution is -1.88. The molecular weight excluding hydrogens is 150 g/mol. The predicted molar refractivity (Wildman–Crippen MR) is 49.1 cm³/mol. The van der Waals surface area contributed by atoms with Gasteiger partial charge in [-0.15, -0.1) is 0 Å². The summed E-state index contributed by atoms with van der Waals surface area (Å²) in [5, 5.41) is 5.48. The molecule has 1 aromatic carbocycles. The maximum atomic E-state index is 6.57. The number of H-pyrrole nitrogens is 1. The van der Waals surface area contributed by atoms with Gasteiger partial charge in [-0.05, 0) is 17.5 Å². The van der Waals surface area contributed by atoms with Gasteiger partial charge in [0.15, 0.2) is 0 Å². The van der Waals surface area contributed by atoms with Gasteiger partial charge in [-0.3, -0.25) is 0 Å². The lowest BCUT2D eigenvalue weighted by atomic mass is 10.2. The highest BCUT2D eigenvalue weighted by molar-refractivity contribution is 5.80. The van der Waals surface area contributed by atoms with E-state index in [0.29, 0.717) is 6.61 Å². The molecule has 0 amide bonds. The fourth-order valence-electron chi connectivity index (χ4n) is 1.38. The fourth-order valence-corrected chi connectivity index (χ4v) is 1.38. The summed E-state index contributed by atoms with van der Waals surface area (Å²) in [4.78, 5) is 3.27. The molecule has 62 valence electrons. The van der Waals surface area contributed by atoms with Crippen molar-refractivity contribution in [3.05, 3.63) is 36.0 Å². The average molecular weight is 163 g/mol. The van der Waals surface area contributed by atoms with E-state index in [4.69, 9.17) is 1.43 Å². The zero-order valence-corrected chi connectivity index (χ0v) is 6.71. The quantitative estimate of drug-likeness (QED) is 0.709. The minimum Gasteiger partial charge on any atom is -0.396 e. The van der Waals surface area contributed by atoms with Crippen molar-refractivity contribution in [1.29, 1.82) is 1.43 Å². The van der Waals surface area contributed by atoms with Crippen LogP contribution in [0, 0.1) is 0 Å². The van der Waals surface area contributed by atoms with Crippen LogP contribution in [0.4, 0.5) is 0 Å². The Morgan fingerprint density at radius 2 is 2.33 bits per heavy atom. The molecule has 12 heavy (non-hydrogen) atoms. The summed E-state index contributed by atoms with van der Waals surface area (Å²) in [6, 6.07) is 10.2. The first-order chi connectivity index (χ1) is 6.40. The van der Waals surface area contributed by atoms with Crippen LogP contribution in [0.2, 0.25) is 0 Å². The van der Waals surface area contributed by atoms with Crippen LogP contribution >= 0.6 is 0 Å². The molecule has 0 saturated carbocycles. The molecule has 0 aliphatic heterocycles. The number of fused-ring (bicyclic) bond motifs is 1. The third-order valence-corrected chi connectivity index (χ3v) is 1.96. The van der Waals surface area contributed by atoms with Crippen LogP contribution in [0.25, 0.3) is 10.9 Å². The molecule has 2 aromatic rings. The molecule has 2 N–H and O–H groups in total. The molecule has 0 atom stereocenters. The maximum absolute atomic E-state index is 6.57. The zero-order chi connectivity index (χ0) is 9.10. The number of aromatic amines is 1. The van der Waals surface area contributed by atoms with Gasteiger partial charge in [0.25, 0.3) is 0 Å². The van der Waals surface area contributed by atoms with Crippen LogP contribution in [0.3, 0.4) is 0 Å². The van der Waals surface area contributed by atoms with Crippen molar-refractivity contribution in [1.82, 2.24) is 4.98 Å². The molecular formula is C10H11NO. The Morgan fingerprint density at radius 3 is 3.17 bits per heavy atom. The van der Waals surface area contributed by atoms with Crippen molar-refractivity contribution in [2.75, 3.05) is 6.61 Å². The highest BCUT2D eigenvalue weighted by Gasteiger charge is 1.97. The van der Waals surface area contributed by atoms with Crippen LogP contribution in [-0.4, -0.2) is 18.1 Å². The largest absolute Gasteiger partial charge is 0.396 e. The van der Waals surface area contributed by atoms with Gasteiger partial charge >= 0.3 is 0 Å². The summed E-state index contributed by atoms with van der Waals surface area (Å²) < 4.78 is 6.57. The molecule has 2 rings (SSSR count). The first-order valence-corrected chi connectivity index (χ1v) is 4.05. The molecule has 0 saturated heterocycles. The van der Waals surface area contributed by atoms with Crippen molar-refractivity contribution in [2.45, 2.75) is 6.42 Å². The molecule has 2 heteroatoms. The van der Waals surface area contributed by atoms with Gasteiger partial charge in [-0.25, -0.2) is 0 Å². The number of aromatic nitrogens is 1. The monoisotopic (exact) mass is 163 g/mol. The molecule has 0 aliphatic rings. The number of aliphatic hydroxyl groups is 1. The summed E-state index contributed by atoms with van der Waals surface area (Å²) >= 11 is 0. The second-order valence-electron chi connectivity index (χ2n) is 2.84. The highest BCUT2D eigenvalue weighted by Crippen LogP contribution is 2.14. The molecule has 2 nitrogen and oxygen atoms in total. The summed E-state index contributed by atoms with van der Waals surface area (Å²) in [5.74, 6) is 0. The van der Waals surface area contributed by atoms with Gasteiger partial charge in [-0.2, -0.15) is 0 Å². The van der Waals surface area contributed by atoms with Crippen LogP contribution in [0.1, 0.15) is 5.69 Å². The maximum Gasteiger partial charge on any atom is 0.210 e. The van der Waals surface area contributed by atoms with E-state index in [1.54, 1.807) is 0 Å². The van der Waals surface area contributed by atoms with E-state index in [-0.39, 0.29) is 0 Å². The van der Waals surface area contributed by atoms with Crippen LogP contribution in [-0.2, 0) is 6.42 Å². The second kappa shape index (κ2) is 2.99. The Labute approximate surface area is 72.3 Å². The number of rotatable bonds is 3. The Balaban J connectivity index is 2.28. The van der Waals surface area contributed by atoms with Crippen molar-refractivity contribution < 1.29 is 5.11 Å². The van der Waals surface area contributed by atoms with Gasteiger partial charge in [0.1, 0.15) is 0 Å². The number of aliphatic hydroxyl groups excluding tert-OH is 1. The van der Waals surface area contributed by atoms with Crippen LogP contribution in [0.15, 0.2) is 30.3 Å².